The Morgan fingerprint density at radius 1 is 1.13 bits per heavy atom. The van der Waals surface area contributed by atoms with Crippen LogP contribution in [0.15, 0.2) is 67.0 Å². The van der Waals surface area contributed by atoms with E-state index in [0.29, 0.717) is 17.9 Å². The maximum absolute atomic E-state index is 12.0. The quantitative estimate of drug-likeness (QED) is 0.787. The van der Waals surface area contributed by atoms with Crippen molar-refractivity contribution in [2.75, 3.05) is 5.32 Å². The summed E-state index contributed by atoms with van der Waals surface area (Å²) in [6.07, 6.45) is 3.21. The summed E-state index contributed by atoms with van der Waals surface area (Å²) in [5, 5.41) is 6.81. The van der Waals surface area contributed by atoms with Gasteiger partial charge in [-0.25, -0.2) is 0 Å². The first-order chi connectivity index (χ1) is 11.2. The minimum Gasteiger partial charge on any atom is -0.489 e. The number of anilines is 1. The smallest absolute Gasteiger partial charge is 0.258 e. The number of hydrogen-bond donors (Lipinski definition) is 1. The van der Waals surface area contributed by atoms with Gasteiger partial charge in [-0.15, -0.1) is 0 Å². The van der Waals surface area contributed by atoms with E-state index in [4.69, 9.17) is 4.74 Å². The number of aryl methyl sites for hydroxylation is 1. The van der Waals surface area contributed by atoms with Crippen molar-refractivity contribution in [2.24, 2.45) is 7.05 Å². The Labute approximate surface area is 134 Å². The second-order valence-electron chi connectivity index (χ2n) is 5.16. The van der Waals surface area contributed by atoms with Crippen molar-refractivity contribution in [3.05, 3.63) is 78.1 Å². The van der Waals surface area contributed by atoms with E-state index in [2.05, 4.69) is 10.4 Å². The Morgan fingerprint density at radius 2 is 1.87 bits per heavy atom. The highest BCUT2D eigenvalue weighted by molar-refractivity contribution is 6.03. The number of benzene rings is 2. The number of rotatable bonds is 5. The van der Waals surface area contributed by atoms with E-state index in [1.165, 1.54) is 6.20 Å². The van der Waals surface area contributed by atoms with Gasteiger partial charge in [-0.1, -0.05) is 30.3 Å². The van der Waals surface area contributed by atoms with Gasteiger partial charge in [0, 0.05) is 18.9 Å². The van der Waals surface area contributed by atoms with Crippen LogP contribution in [0.3, 0.4) is 0 Å². The van der Waals surface area contributed by atoms with Crippen molar-refractivity contribution in [1.29, 1.82) is 0 Å². The number of nitrogens with one attached hydrogen (secondary N) is 1. The topological polar surface area (TPSA) is 56.2 Å². The van der Waals surface area contributed by atoms with Gasteiger partial charge in [-0.3, -0.25) is 9.48 Å². The van der Waals surface area contributed by atoms with Gasteiger partial charge in [0.1, 0.15) is 12.4 Å². The molecule has 0 unspecified atom stereocenters. The largest absolute Gasteiger partial charge is 0.489 e. The van der Waals surface area contributed by atoms with Gasteiger partial charge in [-0.05, 0) is 29.8 Å². The number of ether oxygens (including phenoxy) is 1. The van der Waals surface area contributed by atoms with Crippen LogP contribution >= 0.6 is 0 Å². The van der Waals surface area contributed by atoms with Crippen LogP contribution in [0.1, 0.15) is 15.9 Å². The lowest BCUT2D eigenvalue weighted by Crippen LogP contribution is -2.10. The van der Waals surface area contributed by atoms with Gasteiger partial charge in [-0.2, -0.15) is 5.10 Å². The summed E-state index contributed by atoms with van der Waals surface area (Å²) >= 11 is 0. The van der Waals surface area contributed by atoms with Gasteiger partial charge in [0.25, 0.3) is 5.91 Å². The minimum absolute atomic E-state index is 0.184. The molecule has 0 aliphatic rings. The van der Waals surface area contributed by atoms with E-state index in [1.54, 1.807) is 17.9 Å². The van der Waals surface area contributed by atoms with Crippen LogP contribution in [0, 0.1) is 0 Å². The minimum atomic E-state index is -0.184. The molecule has 1 amide bonds. The third-order valence-corrected chi connectivity index (χ3v) is 3.33. The molecular weight excluding hydrogens is 290 g/mol. The van der Waals surface area contributed by atoms with Crippen LogP contribution in [0.25, 0.3) is 0 Å². The number of aromatic nitrogens is 2. The highest BCUT2D eigenvalue weighted by Gasteiger charge is 2.08. The monoisotopic (exact) mass is 307 g/mol. The predicted octanol–water partition coefficient (Wildman–Crippen LogP) is 3.25. The van der Waals surface area contributed by atoms with Crippen LogP contribution in [-0.2, 0) is 13.7 Å². The van der Waals surface area contributed by atoms with Crippen molar-refractivity contribution in [1.82, 2.24) is 9.78 Å². The van der Waals surface area contributed by atoms with Crippen LogP contribution in [0.2, 0.25) is 0 Å². The molecule has 1 aromatic heterocycles. The van der Waals surface area contributed by atoms with Crippen LogP contribution in [0.4, 0.5) is 5.69 Å². The molecule has 1 heterocycles. The first-order valence-corrected chi connectivity index (χ1v) is 7.27. The zero-order chi connectivity index (χ0) is 16.1. The lowest BCUT2D eigenvalue weighted by atomic mass is 10.2. The molecule has 0 fully saturated rings. The fourth-order valence-corrected chi connectivity index (χ4v) is 2.12. The van der Waals surface area contributed by atoms with Crippen molar-refractivity contribution >= 4 is 11.6 Å². The molecule has 0 bridgehead atoms. The van der Waals surface area contributed by atoms with Crippen molar-refractivity contribution in [3.63, 3.8) is 0 Å². The van der Waals surface area contributed by atoms with Gasteiger partial charge < -0.3 is 10.1 Å². The molecule has 0 saturated heterocycles. The first-order valence-electron chi connectivity index (χ1n) is 7.27. The van der Waals surface area contributed by atoms with Crippen LogP contribution < -0.4 is 10.1 Å². The zero-order valence-electron chi connectivity index (χ0n) is 12.8. The second-order valence-corrected chi connectivity index (χ2v) is 5.16. The predicted molar refractivity (Wildman–Crippen MR) is 88.4 cm³/mol. The molecule has 0 radical (unpaired) electrons. The summed E-state index contributed by atoms with van der Waals surface area (Å²) in [5.74, 6) is 0.573. The molecule has 0 aliphatic heterocycles. The number of amides is 1. The Hall–Kier alpha value is -3.08. The molecule has 0 saturated carbocycles. The number of nitrogens with zero attached hydrogens (tertiary/aromatic N) is 2. The first kappa shape index (κ1) is 14.8. The van der Waals surface area contributed by atoms with E-state index in [9.17, 15) is 4.79 Å². The highest BCUT2D eigenvalue weighted by atomic mass is 16.5. The maximum atomic E-state index is 12.0. The third-order valence-electron chi connectivity index (χ3n) is 3.33. The van der Waals surface area contributed by atoms with E-state index < -0.39 is 0 Å². The van der Waals surface area contributed by atoms with E-state index in [-0.39, 0.29) is 5.91 Å². The molecule has 0 aliphatic carbocycles. The fraction of sp³-hybridized carbons (Fsp3) is 0.111. The molecular formula is C18H17N3O2. The van der Waals surface area contributed by atoms with Gasteiger partial charge in [0.15, 0.2) is 0 Å². The normalized spacial score (nSPS) is 10.3. The van der Waals surface area contributed by atoms with E-state index in [0.717, 1.165) is 11.3 Å². The zero-order valence-corrected chi connectivity index (χ0v) is 12.8. The fourth-order valence-electron chi connectivity index (χ4n) is 2.12. The van der Waals surface area contributed by atoms with Crippen LogP contribution in [-0.4, -0.2) is 15.7 Å². The van der Waals surface area contributed by atoms with Crippen molar-refractivity contribution in [3.8, 4) is 5.75 Å². The Kier molecular flexibility index (Phi) is 4.38. The second kappa shape index (κ2) is 6.79. The summed E-state index contributed by atoms with van der Waals surface area (Å²) < 4.78 is 7.31. The molecule has 5 heteroatoms. The molecule has 2 aromatic carbocycles. The average Bonchev–Trinajstić information content (AvgIpc) is 3.02. The summed E-state index contributed by atoms with van der Waals surface area (Å²) in [7, 11) is 1.77. The SMILES string of the molecule is Cn1cc(C(=O)Nc2ccc(OCc3ccccc3)cc2)cn1. The molecule has 1 N–H and O–H groups in total. The summed E-state index contributed by atoms with van der Waals surface area (Å²) in [5.41, 5.74) is 2.35. The van der Waals surface area contributed by atoms with Crippen molar-refractivity contribution < 1.29 is 9.53 Å². The van der Waals surface area contributed by atoms with Gasteiger partial charge in [0.05, 0.1) is 11.8 Å². The van der Waals surface area contributed by atoms with Crippen LogP contribution in [0.5, 0.6) is 5.75 Å². The van der Waals surface area contributed by atoms with Gasteiger partial charge in [0.2, 0.25) is 0 Å². The van der Waals surface area contributed by atoms with Gasteiger partial charge >= 0.3 is 0 Å². The molecule has 116 valence electrons. The molecule has 23 heavy (non-hydrogen) atoms. The van der Waals surface area contributed by atoms with E-state index >= 15 is 0 Å². The summed E-state index contributed by atoms with van der Waals surface area (Å²) in [6, 6.07) is 17.3. The third kappa shape index (κ3) is 3.97. The summed E-state index contributed by atoms with van der Waals surface area (Å²) in [4.78, 5) is 12.0. The molecule has 3 rings (SSSR count). The lowest BCUT2D eigenvalue weighted by molar-refractivity contribution is 0.102. The number of hydrogen-bond acceptors (Lipinski definition) is 3. The van der Waals surface area contributed by atoms with Crippen molar-refractivity contribution in [2.45, 2.75) is 6.61 Å². The molecule has 5 nitrogen and oxygen atoms in total. The average molecular weight is 307 g/mol. The summed E-state index contributed by atoms with van der Waals surface area (Å²) in [6.45, 7) is 0.516. The lowest BCUT2D eigenvalue weighted by Gasteiger charge is -2.08. The molecule has 0 spiro atoms. The maximum Gasteiger partial charge on any atom is 0.258 e. The molecule has 3 aromatic rings. The number of carbonyl (C=O) groups is 1. The Morgan fingerprint density at radius 3 is 2.52 bits per heavy atom. The molecule has 0 atom stereocenters. The number of carbonyl (C=O) groups excluding carboxylic acids is 1. The highest BCUT2D eigenvalue weighted by Crippen LogP contribution is 2.17. The Bertz CT molecular complexity index is 780. The standard InChI is InChI=1S/C18H17N3O2/c1-21-12-15(11-19-21)18(22)20-16-7-9-17(10-8-16)23-13-14-5-3-2-4-6-14/h2-12H,13H2,1H3,(H,20,22). The Balaban J connectivity index is 1.57. The van der Waals surface area contributed by atoms with E-state index in [1.807, 2.05) is 54.6 Å².